The summed E-state index contributed by atoms with van der Waals surface area (Å²) in [4.78, 5) is 14.3. The molecule has 0 aromatic carbocycles. The molecule has 0 aromatic heterocycles. The molecule has 4 heterocycles. The number of fused-ring (bicyclic) bond motifs is 3. The molecule has 4 aliphatic carbocycles. The average molecular weight is 967 g/mol. The summed E-state index contributed by atoms with van der Waals surface area (Å²) < 4.78 is 48.2. The summed E-state index contributed by atoms with van der Waals surface area (Å²) in [7, 11) is 0. The summed E-state index contributed by atoms with van der Waals surface area (Å²) in [5, 5.41) is 148. The first-order chi connectivity index (χ1) is 31.6. The second-order valence-corrected chi connectivity index (χ2v) is 20.8. The molecule has 0 radical (unpaired) electrons. The normalized spacial score (nSPS) is 54.5. The third kappa shape index (κ3) is 8.63. The fourth-order valence-corrected chi connectivity index (χ4v) is 13.5. The number of esters is 1. The van der Waals surface area contributed by atoms with Gasteiger partial charge in [-0.05, 0) is 86.5 Å². The lowest BCUT2D eigenvalue weighted by Crippen LogP contribution is -2.68. The van der Waals surface area contributed by atoms with E-state index in [1.807, 2.05) is 6.92 Å². The minimum Gasteiger partial charge on any atom is -0.432 e. The summed E-state index contributed by atoms with van der Waals surface area (Å²) >= 11 is 0. The Balaban J connectivity index is 1.06. The van der Waals surface area contributed by atoms with E-state index in [9.17, 15) is 76.3 Å². The van der Waals surface area contributed by atoms with Crippen LogP contribution in [-0.4, -0.2) is 232 Å². The van der Waals surface area contributed by atoms with E-state index >= 15 is 0 Å². The lowest BCUT2D eigenvalue weighted by Gasteiger charge is -2.64. The highest BCUT2D eigenvalue weighted by atomic mass is 16.8. The maximum Gasteiger partial charge on any atom is 0.314 e. The maximum absolute atomic E-state index is 14.3. The molecule has 8 rings (SSSR count). The van der Waals surface area contributed by atoms with E-state index in [0.717, 1.165) is 6.42 Å². The molecule has 26 atom stereocenters. The number of aliphatic hydroxyl groups excluding tert-OH is 14. The molecule has 14 N–H and O–H groups in total. The minimum absolute atomic E-state index is 0.0251. The van der Waals surface area contributed by atoms with E-state index in [1.54, 1.807) is 0 Å². The Bertz CT molecular complexity index is 1760. The predicted molar refractivity (Wildman–Crippen MR) is 219 cm³/mol. The van der Waals surface area contributed by atoms with Crippen LogP contribution in [-0.2, 0) is 42.7 Å². The van der Waals surface area contributed by atoms with Crippen molar-refractivity contribution in [1.82, 2.24) is 0 Å². The van der Waals surface area contributed by atoms with Gasteiger partial charge in [0, 0.05) is 0 Å². The largest absolute Gasteiger partial charge is 0.432 e. The van der Waals surface area contributed by atoms with Crippen molar-refractivity contribution in [3.8, 4) is 0 Å². The van der Waals surface area contributed by atoms with Crippen molar-refractivity contribution < 1.29 is 114 Å². The van der Waals surface area contributed by atoms with Crippen LogP contribution in [0, 0.1) is 28.1 Å². The van der Waals surface area contributed by atoms with E-state index in [0.29, 0.717) is 56.9 Å². The smallest absolute Gasteiger partial charge is 0.314 e. The van der Waals surface area contributed by atoms with Crippen LogP contribution in [0.4, 0.5) is 0 Å². The number of hydrogen-bond acceptors (Lipinski definition) is 23. The van der Waals surface area contributed by atoms with Gasteiger partial charge in [0.05, 0.1) is 37.4 Å². The van der Waals surface area contributed by atoms with Crippen molar-refractivity contribution in [3.05, 3.63) is 12.2 Å². The fraction of sp³-hybridized carbons (Fsp3) is 0.932. The predicted octanol–water partition coefficient (Wildman–Crippen LogP) is -5.11. The first kappa shape index (κ1) is 51.7. The highest BCUT2D eigenvalue weighted by Crippen LogP contribution is 2.74. The number of hydrogen-bond donors (Lipinski definition) is 14. The van der Waals surface area contributed by atoms with Crippen LogP contribution in [0.3, 0.4) is 0 Å². The van der Waals surface area contributed by atoms with Crippen LogP contribution in [0.15, 0.2) is 12.2 Å². The molecule has 4 saturated heterocycles. The van der Waals surface area contributed by atoms with Crippen LogP contribution >= 0.6 is 0 Å². The number of ether oxygens (including phenoxy) is 8. The summed E-state index contributed by atoms with van der Waals surface area (Å²) in [5.74, 6) is -0.805. The minimum atomic E-state index is -1.95. The van der Waals surface area contributed by atoms with Crippen molar-refractivity contribution >= 4 is 5.97 Å². The van der Waals surface area contributed by atoms with Crippen LogP contribution in [0.2, 0.25) is 0 Å². The quantitative estimate of drug-likeness (QED) is 0.0494. The molecule has 67 heavy (non-hydrogen) atoms. The van der Waals surface area contributed by atoms with Gasteiger partial charge in [-0.15, -0.1) is 0 Å². The number of rotatable bonds is 12. The van der Waals surface area contributed by atoms with Gasteiger partial charge in [0.2, 0.25) is 6.29 Å². The molecule has 2 bridgehead atoms. The Morgan fingerprint density at radius 1 is 0.567 bits per heavy atom. The summed E-state index contributed by atoms with van der Waals surface area (Å²) in [6.45, 7) is 5.41. The maximum atomic E-state index is 14.3. The van der Waals surface area contributed by atoms with E-state index in [2.05, 4.69) is 13.5 Å². The molecule has 23 heteroatoms. The van der Waals surface area contributed by atoms with Crippen molar-refractivity contribution in [2.45, 2.75) is 200 Å². The molecular weight excluding hydrogens is 896 g/mol. The Morgan fingerprint density at radius 3 is 1.57 bits per heavy atom. The molecular formula is C44H70O23. The number of carbonyl (C=O) groups excluding carboxylic acids is 1. The highest BCUT2D eigenvalue weighted by Gasteiger charge is 2.70. The van der Waals surface area contributed by atoms with Crippen LogP contribution in [0.1, 0.15) is 71.6 Å². The van der Waals surface area contributed by atoms with Gasteiger partial charge in [-0.1, -0.05) is 19.9 Å². The summed E-state index contributed by atoms with van der Waals surface area (Å²) in [6, 6.07) is 0. The van der Waals surface area contributed by atoms with E-state index in [-0.39, 0.29) is 11.8 Å². The lowest BCUT2D eigenvalue weighted by molar-refractivity contribution is -0.400. The molecule has 0 aromatic rings. The SMILES string of the molecule is C=C1C[C@]23CC[C@@H]4[C@](C)(CCC[C@]4(C)C(=O)O[C@@H]4O[C@H](CO)[C@@H](O)[C@H](O)[C@H]4O)[C@H]2CC[C@@]1(O[C@@H]1O[C@H](CO)[C@@H](O)[C@H](O[C@@H]2O[C@H](CO)[C@@H](O)[C@H](O)[C@H]2O)[C@H]1O[C@@H]1O[C@H](CO)[C@@H](O)[C@H](O)[C@H]1O)C3. The van der Waals surface area contributed by atoms with Gasteiger partial charge in [0.25, 0.3) is 0 Å². The van der Waals surface area contributed by atoms with E-state index < -0.39 is 177 Å². The van der Waals surface area contributed by atoms with Gasteiger partial charge in [0.1, 0.15) is 97.7 Å². The molecule has 1 spiro atoms. The number of aliphatic hydroxyl groups is 14. The van der Waals surface area contributed by atoms with E-state index in [1.165, 1.54) is 0 Å². The van der Waals surface area contributed by atoms with Crippen LogP contribution < -0.4 is 0 Å². The Morgan fingerprint density at radius 2 is 1.03 bits per heavy atom. The van der Waals surface area contributed by atoms with Crippen molar-refractivity contribution in [1.29, 1.82) is 0 Å². The molecule has 4 saturated carbocycles. The summed E-state index contributed by atoms with van der Waals surface area (Å²) in [5.41, 5.74) is -2.33. The first-order valence-corrected chi connectivity index (χ1v) is 23.4. The van der Waals surface area contributed by atoms with Crippen molar-refractivity contribution in [3.63, 3.8) is 0 Å². The third-order valence-corrected chi connectivity index (χ3v) is 17.1. The molecule has 0 amide bonds. The molecule has 4 aliphatic heterocycles. The Hall–Kier alpha value is -1.63. The average Bonchev–Trinajstić information content (AvgIpc) is 3.50. The standard InChI is InChI=1S/C44H70O23/c1-17-11-43-9-5-22-41(2,7-4-8-42(22,3)40(59)66-38-33(58)30(55)26(51)20(14-47)62-38)23(43)6-10-44(17,16-43)67-39-35(65-37-32(57)29(54)25(50)19(13-46)61-37)34(27(52)21(15-48)63-39)64-36-31(56)28(53)24(49)18(12-45)60-36/h18-39,45-58H,1,4-16H2,2-3H3/t18-,19-,20-,21-,22-,23-,24-,25-,26-,27-,28+,29+,30+,31-,32-,33-,34+,35-,36+,37+,38+,39+,41+,42+,43+,44-/m1/s1. The van der Waals surface area contributed by atoms with Crippen molar-refractivity contribution in [2.24, 2.45) is 28.1 Å². The van der Waals surface area contributed by atoms with Crippen molar-refractivity contribution in [2.75, 3.05) is 26.4 Å². The monoisotopic (exact) mass is 966 g/mol. The van der Waals surface area contributed by atoms with Gasteiger partial charge in [-0.2, -0.15) is 0 Å². The second kappa shape index (κ2) is 19.4. The van der Waals surface area contributed by atoms with E-state index in [4.69, 9.17) is 37.9 Å². The fourth-order valence-electron chi connectivity index (χ4n) is 13.5. The zero-order valence-corrected chi connectivity index (χ0v) is 37.5. The van der Waals surface area contributed by atoms with Gasteiger partial charge in [-0.25, -0.2) is 0 Å². The number of carbonyl (C=O) groups is 1. The van der Waals surface area contributed by atoms with Gasteiger partial charge in [0.15, 0.2) is 18.9 Å². The first-order valence-electron chi connectivity index (χ1n) is 23.4. The molecule has 8 fully saturated rings. The zero-order chi connectivity index (χ0) is 48.7. The van der Waals surface area contributed by atoms with Gasteiger partial charge < -0.3 is 109 Å². The third-order valence-electron chi connectivity index (χ3n) is 17.1. The summed E-state index contributed by atoms with van der Waals surface area (Å²) in [6.07, 6.45) is -29.1. The lowest BCUT2D eigenvalue weighted by atomic mass is 9.41. The Kier molecular flexibility index (Phi) is 15.0. The van der Waals surface area contributed by atoms with Crippen LogP contribution in [0.25, 0.3) is 0 Å². The topological polar surface area (TPSA) is 374 Å². The molecule has 23 nitrogen and oxygen atoms in total. The highest BCUT2D eigenvalue weighted by molar-refractivity contribution is 5.77. The zero-order valence-electron chi connectivity index (χ0n) is 37.5. The van der Waals surface area contributed by atoms with Crippen LogP contribution in [0.5, 0.6) is 0 Å². The Labute approximate surface area is 386 Å². The van der Waals surface area contributed by atoms with Gasteiger partial charge in [-0.3, -0.25) is 4.79 Å². The van der Waals surface area contributed by atoms with Gasteiger partial charge >= 0.3 is 5.97 Å². The molecule has 0 unspecified atom stereocenters. The second-order valence-electron chi connectivity index (χ2n) is 20.8. The molecule has 384 valence electrons. The molecule has 8 aliphatic rings.